The molecule has 180 valence electrons. The van der Waals surface area contributed by atoms with Crippen molar-refractivity contribution < 1.29 is 18.7 Å². The first kappa shape index (κ1) is 24.0. The molecule has 0 aliphatic rings. The number of hydrogen-bond acceptors (Lipinski definition) is 3. The van der Waals surface area contributed by atoms with Crippen molar-refractivity contribution in [3.63, 3.8) is 0 Å². The van der Waals surface area contributed by atoms with E-state index < -0.39 is 0 Å². The summed E-state index contributed by atoms with van der Waals surface area (Å²) in [5.74, 6) is 0.204. The molecule has 6 nitrogen and oxygen atoms in total. The molecule has 7 heteroatoms. The van der Waals surface area contributed by atoms with Gasteiger partial charge in [0.1, 0.15) is 17.3 Å². The van der Waals surface area contributed by atoms with Crippen molar-refractivity contribution in [2.45, 2.75) is 20.4 Å². The molecule has 35 heavy (non-hydrogen) atoms. The number of methoxy groups -OCH3 is 1. The molecule has 3 aromatic carbocycles. The summed E-state index contributed by atoms with van der Waals surface area (Å²) in [6, 6.07) is 20.5. The minimum Gasteiger partial charge on any atom is -0.497 e. The van der Waals surface area contributed by atoms with Crippen molar-refractivity contribution in [1.82, 2.24) is 9.88 Å². The normalized spacial score (nSPS) is 11.0. The first-order valence-electron chi connectivity index (χ1n) is 11.5. The van der Waals surface area contributed by atoms with E-state index in [1.165, 1.54) is 12.1 Å². The second-order valence-electron chi connectivity index (χ2n) is 8.81. The summed E-state index contributed by atoms with van der Waals surface area (Å²) in [6.07, 6.45) is 0. The van der Waals surface area contributed by atoms with E-state index in [0.717, 1.165) is 16.5 Å². The fourth-order valence-electron chi connectivity index (χ4n) is 3.86. The third kappa shape index (κ3) is 5.69. The van der Waals surface area contributed by atoms with Crippen LogP contribution in [0.3, 0.4) is 0 Å². The number of benzene rings is 3. The van der Waals surface area contributed by atoms with E-state index in [0.29, 0.717) is 41.7 Å². The zero-order valence-electron chi connectivity index (χ0n) is 20.0. The maximum absolute atomic E-state index is 13.8. The topological polar surface area (TPSA) is 72.4 Å². The van der Waals surface area contributed by atoms with Gasteiger partial charge in [0.05, 0.1) is 7.11 Å². The van der Waals surface area contributed by atoms with Crippen LogP contribution < -0.4 is 15.4 Å². The molecule has 0 radical (unpaired) electrons. The second-order valence-corrected chi connectivity index (χ2v) is 8.81. The van der Waals surface area contributed by atoms with E-state index in [4.69, 9.17) is 4.74 Å². The third-order valence-electron chi connectivity index (χ3n) is 5.64. The molecule has 2 N–H and O–H groups in total. The molecule has 1 heterocycles. The van der Waals surface area contributed by atoms with E-state index in [2.05, 4.69) is 10.6 Å². The van der Waals surface area contributed by atoms with Crippen molar-refractivity contribution in [3.05, 3.63) is 95.4 Å². The second kappa shape index (κ2) is 10.4. The Morgan fingerprint density at radius 2 is 1.74 bits per heavy atom. The summed E-state index contributed by atoms with van der Waals surface area (Å²) in [6.45, 7) is 4.94. The Morgan fingerprint density at radius 3 is 2.43 bits per heavy atom. The lowest BCUT2D eigenvalue weighted by molar-refractivity contribution is 0.0940. The number of rotatable bonds is 8. The summed E-state index contributed by atoms with van der Waals surface area (Å²) in [5, 5.41) is 6.66. The summed E-state index contributed by atoms with van der Waals surface area (Å²) in [7, 11) is 1.57. The minimum absolute atomic E-state index is 0.199. The Kier molecular flexibility index (Phi) is 7.15. The maximum Gasteiger partial charge on any atom is 0.267 e. The molecular formula is C28H28FN3O3. The van der Waals surface area contributed by atoms with Gasteiger partial charge in [-0.2, -0.15) is 0 Å². The Hall–Kier alpha value is -4.13. The predicted molar refractivity (Wildman–Crippen MR) is 136 cm³/mol. The van der Waals surface area contributed by atoms with Crippen LogP contribution in [0, 0.1) is 11.7 Å². The molecule has 0 saturated heterocycles. The SMILES string of the molecule is COc1ccc(C(=O)Nc2ccc3c(c2)cc(C(=O)NCC(C)C)n3Cc2cccc(F)c2)cc1. The lowest BCUT2D eigenvalue weighted by Crippen LogP contribution is -2.29. The maximum atomic E-state index is 13.8. The van der Waals surface area contributed by atoms with Crippen LogP contribution in [-0.2, 0) is 6.54 Å². The monoisotopic (exact) mass is 473 g/mol. The number of anilines is 1. The Balaban J connectivity index is 1.66. The van der Waals surface area contributed by atoms with Crippen molar-refractivity contribution in [2.75, 3.05) is 19.0 Å². The largest absolute Gasteiger partial charge is 0.497 e. The molecule has 4 rings (SSSR count). The zero-order chi connectivity index (χ0) is 24.9. The van der Waals surface area contributed by atoms with Crippen LogP contribution in [0.2, 0.25) is 0 Å². The molecule has 0 atom stereocenters. The number of carbonyl (C=O) groups is 2. The summed E-state index contributed by atoms with van der Waals surface area (Å²) in [5.41, 5.74) is 3.14. The van der Waals surface area contributed by atoms with Crippen molar-refractivity contribution >= 4 is 28.4 Å². The third-order valence-corrected chi connectivity index (χ3v) is 5.64. The Labute approximate surface area is 203 Å². The molecule has 2 amide bonds. The highest BCUT2D eigenvalue weighted by atomic mass is 19.1. The van der Waals surface area contributed by atoms with Gasteiger partial charge in [0.15, 0.2) is 0 Å². The lowest BCUT2D eigenvalue weighted by atomic mass is 10.2. The van der Waals surface area contributed by atoms with Crippen molar-refractivity contribution in [3.8, 4) is 5.75 Å². The van der Waals surface area contributed by atoms with E-state index in [9.17, 15) is 14.0 Å². The molecule has 0 unspecified atom stereocenters. The Morgan fingerprint density at radius 1 is 0.971 bits per heavy atom. The molecule has 0 saturated carbocycles. The number of nitrogens with zero attached hydrogens (tertiary/aromatic N) is 1. The first-order valence-corrected chi connectivity index (χ1v) is 11.5. The molecule has 0 aliphatic carbocycles. The number of ether oxygens (including phenoxy) is 1. The van der Waals surface area contributed by atoms with E-state index in [1.54, 1.807) is 49.6 Å². The van der Waals surface area contributed by atoms with Crippen LogP contribution in [0.15, 0.2) is 72.8 Å². The number of fused-ring (bicyclic) bond motifs is 1. The van der Waals surface area contributed by atoms with Gasteiger partial charge in [-0.25, -0.2) is 4.39 Å². The number of amides is 2. The van der Waals surface area contributed by atoms with Gasteiger partial charge in [0, 0.05) is 35.2 Å². The fourth-order valence-corrected chi connectivity index (χ4v) is 3.86. The summed E-state index contributed by atoms with van der Waals surface area (Å²) < 4.78 is 20.8. The Bertz CT molecular complexity index is 1360. The van der Waals surface area contributed by atoms with Gasteiger partial charge in [-0.3, -0.25) is 9.59 Å². The van der Waals surface area contributed by atoms with Gasteiger partial charge < -0.3 is 19.9 Å². The predicted octanol–water partition coefficient (Wildman–Crippen LogP) is 5.48. The number of hydrogen-bond donors (Lipinski definition) is 2. The van der Waals surface area contributed by atoms with Gasteiger partial charge in [0.25, 0.3) is 11.8 Å². The zero-order valence-corrected chi connectivity index (χ0v) is 20.0. The number of carbonyl (C=O) groups excluding carboxylic acids is 2. The van der Waals surface area contributed by atoms with Gasteiger partial charge in [-0.15, -0.1) is 0 Å². The minimum atomic E-state index is -0.326. The van der Waals surface area contributed by atoms with E-state index >= 15 is 0 Å². The highest BCUT2D eigenvalue weighted by Gasteiger charge is 2.17. The van der Waals surface area contributed by atoms with Gasteiger partial charge in [0.2, 0.25) is 0 Å². The quantitative estimate of drug-likeness (QED) is 0.356. The molecule has 0 fully saturated rings. The molecule has 0 bridgehead atoms. The summed E-state index contributed by atoms with van der Waals surface area (Å²) in [4.78, 5) is 25.7. The standard InChI is InChI=1S/C28H28FN3O3/c1-18(2)16-30-28(34)26-15-21-14-23(31-27(33)20-7-10-24(35-3)11-8-20)9-12-25(21)32(26)17-19-5-4-6-22(29)13-19/h4-15,18H,16-17H2,1-3H3,(H,30,34)(H,31,33). The van der Waals surface area contributed by atoms with E-state index in [1.807, 2.05) is 36.6 Å². The molecule has 4 aromatic rings. The van der Waals surface area contributed by atoms with Crippen molar-refractivity contribution in [2.24, 2.45) is 5.92 Å². The lowest BCUT2D eigenvalue weighted by Gasteiger charge is -2.13. The first-order chi connectivity index (χ1) is 16.8. The highest BCUT2D eigenvalue weighted by Crippen LogP contribution is 2.26. The summed E-state index contributed by atoms with van der Waals surface area (Å²) >= 11 is 0. The van der Waals surface area contributed by atoms with Crippen LogP contribution in [0.5, 0.6) is 5.75 Å². The number of halogens is 1. The molecular weight excluding hydrogens is 445 g/mol. The molecule has 0 spiro atoms. The van der Waals surface area contributed by atoms with E-state index in [-0.39, 0.29) is 17.6 Å². The van der Waals surface area contributed by atoms with Gasteiger partial charge >= 0.3 is 0 Å². The van der Waals surface area contributed by atoms with Crippen LogP contribution in [0.1, 0.15) is 40.3 Å². The van der Waals surface area contributed by atoms with Crippen LogP contribution in [0.4, 0.5) is 10.1 Å². The number of nitrogens with one attached hydrogen (secondary N) is 2. The van der Waals surface area contributed by atoms with Gasteiger partial charge in [-0.05, 0) is 72.1 Å². The van der Waals surface area contributed by atoms with Crippen LogP contribution >= 0.6 is 0 Å². The fraction of sp³-hybridized carbons (Fsp3) is 0.214. The average molecular weight is 474 g/mol. The van der Waals surface area contributed by atoms with Gasteiger partial charge in [-0.1, -0.05) is 26.0 Å². The van der Waals surface area contributed by atoms with Crippen LogP contribution in [0.25, 0.3) is 10.9 Å². The van der Waals surface area contributed by atoms with Crippen LogP contribution in [-0.4, -0.2) is 30.0 Å². The van der Waals surface area contributed by atoms with Crippen molar-refractivity contribution in [1.29, 1.82) is 0 Å². The molecule has 0 aliphatic heterocycles. The smallest absolute Gasteiger partial charge is 0.267 e. The highest BCUT2D eigenvalue weighted by molar-refractivity contribution is 6.06. The number of aromatic nitrogens is 1. The molecule has 1 aromatic heterocycles. The average Bonchev–Trinajstić information content (AvgIpc) is 3.20.